The first-order valence-electron chi connectivity index (χ1n) is 7.58. The number of nitrogens with one attached hydrogen (secondary N) is 1. The zero-order valence-corrected chi connectivity index (χ0v) is 14.3. The highest BCUT2D eigenvalue weighted by Gasteiger charge is 2.11. The number of benzene rings is 2. The van der Waals surface area contributed by atoms with E-state index in [1.54, 1.807) is 0 Å². The topological polar surface area (TPSA) is 29.1 Å². The monoisotopic (exact) mass is 321 g/mol. The number of amides is 1. The van der Waals surface area contributed by atoms with Crippen LogP contribution in [0.25, 0.3) is 10.4 Å². The van der Waals surface area contributed by atoms with Crippen molar-refractivity contribution in [3.63, 3.8) is 0 Å². The Hall–Kier alpha value is -2.39. The van der Waals surface area contributed by atoms with Crippen molar-refractivity contribution in [2.75, 3.05) is 5.32 Å². The van der Waals surface area contributed by atoms with Gasteiger partial charge < -0.3 is 5.32 Å². The summed E-state index contributed by atoms with van der Waals surface area (Å²) >= 11 is 1.52. The molecule has 3 heteroatoms. The molecule has 23 heavy (non-hydrogen) atoms. The summed E-state index contributed by atoms with van der Waals surface area (Å²) in [6.45, 7) is 6.24. The van der Waals surface area contributed by atoms with Gasteiger partial charge >= 0.3 is 0 Å². The van der Waals surface area contributed by atoms with Crippen molar-refractivity contribution in [1.82, 2.24) is 0 Å². The number of carbonyl (C=O) groups is 1. The molecule has 0 aliphatic heterocycles. The molecule has 0 aliphatic carbocycles. The highest BCUT2D eigenvalue weighted by atomic mass is 32.1. The lowest BCUT2D eigenvalue weighted by Gasteiger charge is -2.04. The number of anilines is 1. The molecule has 0 aliphatic rings. The van der Waals surface area contributed by atoms with Crippen LogP contribution in [0.1, 0.15) is 26.4 Å². The third-order valence-corrected chi connectivity index (χ3v) is 5.06. The van der Waals surface area contributed by atoms with Crippen molar-refractivity contribution in [2.24, 2.45) is 0 Å². The average Bonchev–Trinajstić information content (AvgIpc) is 3.02. The summed E-state index contributed by atoms with van der Waals surface area (Å²) in [5, 5.41) is 2.94. The molecule has 2 aromatic carbocycles. The van der Waals surface area contributed by atoms with Crippen LogP contribution in [-0.4, -0.2) is 5.91 Å². The van der Waals surface area contributed by atoms with Crippen molar-refractivity contribution < 1.29 is 4.79 Å². The molecule has 3 aromatic rings. The van der Waals surface area contributed by atoms with Gasteiger partial charge in [0.05, 0.1) is 4.88 Å². The molecule has 2 nitrogen and oxygen atoms in total. The Labute approximate surface area is 140 Å². The fourth-order valence-electron chi connectivity index (χ4n) is 2.34. The Morgan fingerprint density at radius 2 is 1.61 bits per heavy atom. The van der Waals surface area contributed by atoms with Gasteiger partial charge in [0.15, 0.2) is 0 Å². The predicted molar refractivity (Wildman–Crippen MR) is 98.4 cm³/mol. The van der Waals surface area contributed by atoms with Gasteiger partial charge in [-0.2, -0.15) is 0 Å². The van der Waals surface area contributed by atoms with Gasteiger partial charge in [0.1, 0.15) is 0 Å². The maximum Gasteiger partial charge on any atom is 0.265 e. The molecule has 0 saturated carbocycles. The van der Waals surface area contributed by atoms with Gasteiger partial charge in [0.2, 0.25) is 0 Å². The first-order valence-corrected chi connectivity index (χ1v) is 8.40. The van der Waals surface area contributed by atoms with Crippen molar-refractivity contribution in [1.29, 1.82) is 0 Å². The zero-order valence-electron chi connectivity index (χ0n) is 13.5. The minimum Gasteiger partial charge on any atom is -0.321 e. The second-order valence-electron chi connectivity index (χ2n) is 5.78. The third kappa shape index (κ3) is 3.51. The molecule has 1 N–H and O–H groups in total. The van der Waals surface area contributed by atoms with Gasteiger partial charge in [-0.05, 0) is 61.7 Å². The molecule has 1 heterocycles. The molecule has 3 rings (SSSR count). The summed E-state index contributed by atoms with van der Waals surface area (Å²) in [7, 11) is 0. The summed E-state index contributed by atoms with van der Waals surface area (Å²) < 4.78 is 0. The van der Waals surface area contributed by atoms with Crippen molar-refractivity contribution >= 4 is 22.9 Å². The second kappa shape index (κ2) is 6.39. The SMILES string of the molecule is Cc1ccc(NC(=O)c2ccc(-c3ccc(C)c(C)c3)s2)cc1. The number of hydrogen-bond acceptors (Lipinski definition) is 2. The second-order valence-corrected chi connectivity index (χ2v) is 6.87. The standard InChI is InChI=1S/C20H19NOS/c1-13-4-8-17(9-5-13)21-20(22)19-11-10-18(23-19)16-7-6-14(2)15(3)12-16/h4-12H,1-3H3,(H,21,22). The molecule has 1 amide bonds. The lowest BCUT2D eigenvalue weighted by molar-refractivity contribution is 0.103. The number of aryl methyl sites for hydroxylation is 3. The van der Waals surface area contributed by atoms with Gasteiger partial charge in [-0.3, -0.25) is 4.79 Å². The highest BCUT2D eigenvalue weighted by molar-refractivity contribution is 7.17. The number of hydrogen-bond donors (Lipinski definition) is 1. The van der Waals surface area contributed by atoms with E-state index in [0.29, 0.717) is 0 Å². The number of carbonyl (C=O) groups excluding carboxylic acids is 1. The van der Waals surface area contributed by atoms with E-state index in [-0.39, 0.29) is 5.91 Å². The molecule has 0 bridgehead atoms. The number of thiophene rings is 1. The van der Waals surface area contributed by atoms with Crippen LogP contribution < -0.4 is 5.32 Å². The summed E-state index contributed by atoms with van der Waals surface area (Å²) in [4.78, 5) is 14.2. The molecular weight excluding hydrogens is 302 g/mol. The van der Waals surface area contributed by atoms with Crippen LogP contribution >= 0.6 is 11.3 Å². The van der Waals surface area contributed by atoms with Crippen molar-refractivity contribution in [3.8, 4) is 10.4 Å². The van der Waals surface area contributed by atoms with Crippen LogP contribution in [0.4, 0.5) is 5.69 Å². The minimum atomic E-state index is -0.0612. The normalized spacial score (nSPS) is 10.6. The zero-order chi connectivity index (χ0) is 16.4. The van der Waals surface area contributed by atoms with Gasteiger partial charge in [0.25, 0.3) is 5.91 Å². The molecule has 0 radical (unpaired) electrons. The first-order chi connectivity index (χ1) is 11.0. The van der Waals surface area contributed by atoms with E-state index in [9.17, 15) is 4.79 Å². The van der Waals surface area contributed by atoms with E-state index in [0.717, 1.165) is 21.0 Å². The van der Waals surface area contributed by atoms with Gasteiger partial charge in [0, 0.05) is 10.6 Å². The smallest absolute Gasteiger partial charge is 0.265 e. The maximum atomic E-state index is 12.4. The largest absolute Gasteiger partial charge is 0.321 e. The van der Waals surface area contributed by atoms with E-state index >= 15 is 0 Å². The van der Waals surface area contributed by atoms with Crippen LogP contribution in [0, 0.1) is 20.8 Å². The molecular formula is C20H19NOS. The Morgan fingerprint density at radius 1 is 0.870 bits per heavy atom. The quantitative estimate of drug-likeness (QED) is 0.669. The summed E-state index contributed by atoms with van der Waals surface area (Å²) in [5.74, 6) is -0.0612. The summed E-state index contributed by atoms with van der Waals surface area (Å²) in [6, 6.07) is 18.1. The maximum absolute atomic E-state index is 12.4. The van der Waals surface area contributed by atoms with Crippen LogP contribution in [0.5, 0.6) is 0 Å². The van der Waals surface area contributed by atoms with Gasteiger partial charge in [-0.1, -0.05) is 35.9 Å². The lowest BCUT2D eigenvalue weighted by atomic mass is 10.1. The van der Waals surface area contributed by atoms with E-state index in [1.165, 1.54) is 28.0 Å². The molecule has 0 spiro atoms. The minimum absolute atomic E-state index is 0.0612. The Morgan fingerprint density at radius 3 is 2.30 bits per heavy atom. The molecule has 0 fully saturated rings. The summed E-state index contributed by atoms with van der Waals surface area (Å²) in [6.07, 6.45) is 0. The molecule has 0 saturated heterocycles. The third-order valence-electron chi connectivity index (χ3n) is 3.93. The summed E-state index contributed by atoms with van der Waals surface area (Å²) in [5.41, 5.74) is 5.70. The first kappa shape index (κ1) is 15.5. The van der Waals surface area contributed by atoms with Crippen LogP contribution in [0.15, 0.2) is 54.6 Å². The van der Waals surface area contributed by atoms with Crippen LogP contribution in [0.2, 0.25) is 0 Å². The van der Waals surface area contributed by atoms with Crippen LogP contribution in [0.3, 0.4) is 0 Å². The van der Waals surface area contributed by atoms with E-state index in [2.05, 4.69) is 37.4 Å². The number of rotatable bonds is 3. The highest BCUT2D eigenvalue weighted by Crippen LogP contribution is 2.30. The lowest BCUT2D eigenvalue weighted by Crippen LogP contribution is -2.09. The molecule has 1 aromatic heterocycles. The van der Waals surface area contributed by atoms with Crippen LogP contribution in [-0.2, 0) is 0 Å². The van der Waals surface area contributed by atoms with Gasteiger partial charge in [-0.15, -0.1) is 11.3 Å². The fraction of sp³-hybridized carbons (Fsp3) is 0.150. The average molecular weight is 321 g/mol. The molecule has 116 valence electrons. The fourth-order valence-corrected chi connectivity index (χ4v) is 3.24. The Bertz CT molecular complexity index is 846. The Kier molecular flexibility index (Phi) is 4.30. The van der Waals surface area contributed by atoms with Gasteiger partial charge in [-0.25, -0.2) is 0 Å². The predicted octanol–water partition coefficient (Wildman–Crippen LogP) is 5.59. The van der Waals surface area contributed by atoms with E-state index in [1.807, 2.05) is 43.3 Å². The Balaban J connectivity index is 1.79. The van der Waals surface area contributed by atoms with Crippen molar-refractivity contribution in [2.45, 2.75) is 20.8 Å². The van der Waals surface area contributed by atoms with E-state index < -0.39 is 0 Å². The molecule has 0 atom stereocenters. The van der Waals surface area contributed by atoms with Crippen molar-refractivity contribution in [3.05, 3.63) is 76.2 Å². The van der Waals surface area contributed by atoms with E-state index in [4.69, 9.17) is 0 Å². The molecule has 0 unspecified atom stereocenters.